The van der Waals surface area contributed by atoms with E-state index in [1.165, 1.54) is 4.90 Å². The maximum Gasteiger partial charge on any atom is 0.409 e. The van der Waals surface area contributed by atoms with E-state index in [4.69, 9.17) is 9.84 Å². The van der Waals surface area contributed by atoms with Crippen LogP contribution in [-0.4, -0.2) is 36.4 Å². The first-order valence-corrected chi connectivity index (χ1v) is 5.18. The highest BCUT2D eigenvalue weighted by molar-refractivity contribution is 7.07. The standard InChI is InChI=1S/C9H13NO3S/c1-10(9(12)13-4-3-11)6-8-2-5-14-7-8/h2,5,7,11H,3-4,6H2,1H3. The zero-order valence-electron chi connectivity index (χ0n) is 7.97. The molecule has 0 spiro atoms. The van der Waals surface area contributed by atoms with Gasteiger partial charge in [0.15, 0.2) is 0 Å². The van der Waals surface area contributed by atoms with Crippen molar-refractivity contribution < 1.29 is 14.6 Å². The maximum atomic E-state index is 11.2. The van der Waals surface area contributed by atoms with Crippen LogP contribution in [0.15, 0.2) is 16.8 Å². The predicted octanol–water partition coefficient (Wildman–Crippen LogP) is 1.31. The summed E-state index contributed by atoms with van der Waals surface area (Å²) in [5, 5.41) is 12.4. The lowest BCUT2D eigenvalue weighted by Gasteiger charge is -2.15. The molecule has 0 saturated heterocycles. The van der Waals surface area contributed by atoms with Crippen molar-refractivity contribution in [3.63, 3.8) is 0 Å². The summed E-state index contributed by atoms with van der Waals surface area (Å²) in [4.78, 5) is 12.7. The van der Waals surface area contributed by atoms with Gasteiger partial charge in [0.1, 0.15) is 6.61 Å². The van der Waals surface area contributed by atoms with Crippen molar-refractivity contribution in [3.8, 4) is 0 Å². The lowest BCUT2D eigenvalue weighted by Crippen LogP contribution is -2.27. The number of carbonyl (C=O) groups is 1. The molecular weight excluding hydrogens is 202 g/mol. The van der Waals surface area contributed by atoms with Gasteiger partial charge in [0, 0.05) is 13.6 Å². The quantitative estimate of drug-likeness (QED) is 0.823. The SMILES string of the molecule is CN(Cc1ccsc1)C(=O)OCCO. The number of aliphatic hydroxyl groups is 1. The van der Waals surface area contributed by atoms with Crippen molar-refractivity contribution in [2.75, 3.05) is 20.3 Å². The molecule has 1 aromatic heterocycles. The lowest BCUT2D eigenvalue weighted by atomic mass is 10.3. The normalized spacial score (nSPS) is 9.86. The number of nitrogens with zero attached hydrogens (tertiary/aromatic N) is 1. The molecule has 0 aromatic carbocycles. The second kappa shape index (κ2) is 5.62. The van der Waals surface area contributed by atoms with Crippen molar-refractivity contribution in [1.29, 1.82) is 0 Å². The Morgan fingerprint density at radius 2 is 2.50 bits per heavy atom. The van der Waals surface area contributed by atoms with Crippen LogP contribution in [-0.2, 0) is 11.3 Å². The Hall–Kier alpha value is -1.07. The Labute approximate surface area is 86.7 Å². The Morgan fingerprint density at radius 1 is 1.71 bits per heavy atom. The fraction of sp³-hybridized carbons (Fsp3) is 0.444. The lowest BCUT2D eigenvalue weighted by molar-refractivity contribution is 0.0894. The summed E-state index contributed by atoms with van der Waals surface area (Å²) in [7, 11) is 1.66. The maximum absolute atomic E-state index is 11.2. The number of hydrogen-bond acceptors (Lipinski definition) is 4. The minimum absolute atomic E-state index is 0.0484. The monoisotopic (exact) mass is 215 g/mol. The van der Waals surface area contributed by atoms with E-state index >= 15 is 0 Å². The molecular formula is C9H13NO3S. The van der Waals surface area contributed by atoms with E-state index in [0.717, 1.165) is 5.56 Å². The molecule has 1 N–H and O–H groups in total. The first kappa shape index (κ1) is 11.0. The van der Waals surface area contributed by atoms with E-state index < -0.39 is 6.09 Å². The van der Waals surface area contributed by atoms with E-state index in [2.05, 4.69) is 0 Å². The molecule has 0 aliphatic heterocycles. The molecule has 0 unspecified atom stereocenters. The molecule has 78 valence electrons. The van der Waals surface area contributed by atoms with Crippen LogP contribution in [0.4, 0.5) is 4.79 Å². The minimum Gasteiger partial charge on any atom is -0.447 e. The van der Waals surface area contributed by atoms with Crippen LogP contribution in [0.2, 0.25) is 0 Å². The van der Waals surface area contributed by atoms with Crippen LogP contribution >= 0.6 is 11.3 Å². The van der Waals surface area contributed by atoms with Gasteiger partial charge in [-0.3, -0.25) is 0 Å². The molecule has 0 atom stereocenters. The van der Waals surface area contributed by atoms with Gasteiger partial charge in [0.25, 0.3) is 0 Å². The summed E-state index contributed by atoms with van der Waals surface area (Å²) in [6.07, 6.45) is -0.412. The largest absolute Gasteiger partial charge is 0.447 e. The average Bonchev–Trinajstić information content (AvgIpc) is 2.66. The molecule has 1 aromatic rings. The molecule has 0 aliphatic rings. The number of rotatable bonds is 4. The zero-order valence-corrected chi connectivity index (χ0v) is 8.79. The Morgan fingerprint density at radius 3 is 3.07 bits per heavy atom. The molecule has 5 heteroatoms. The highest BCUT2D eigenvalue weighted by Crippen LogP contribution is 2.08. The third kappa shape index (κ3) is 3.35. The van der Waals surface area contributed by atoms with Crippen molar-refractivity contribution in [1.82, 2.24) is 4.90 Å². The molecule has 0 saturated carbocycles. The number of carbonyl (C=O) groups excluding carboxylic acids is 1. The van der Waals surface area contributed by atoms with Gasteiger partial charge in [-0.05, 0) is 22.4 Å². The molecule has 14 heavy (non-hydrogen) atoms. The number of ether oxygens (including phenoxy) is 1. The number of aliphatic hydroxyl groups excluding tert-OH is 1. The summed E-state index contributed by atoms with van der Waals surface area (Å²) in [5.74, 6) is 0. The predicted molar refractivity (Wildman–Crippen MR) is 54.2 cm³/mol. The third-order valence-electron chi connectivity index (χ3n) is 1.63. The highest BCUT2D eigenvalue weighted by Gasteiger charge is 2.09. The van der Waals surface area contributed by atoms with E-state index in [-0.39, 0.29) is 13.2 Å². The highest BCUT2D eigenvalue weighted by atomic mass is 32.1. The van der Waals surface area contributed by atoms with E-state index in [1.54, 1.807) is 18.4 Å². The van der Waals surface area contributed by atoms with Crippen molar-refractivity contribution >= 4 is 17.4 Å². The fourth-order valence-corrected chi connectivity index (χ4v) is 1.62. The molecule has 0 radical (unpaired) electrons. The Balaban J connectivity index is 2.34. The Kier molecular flexibility index (Phi) is 4.42. The van der Waals surface area contributed by atoms with Gasteiger partial charge in [-0.25, -0.2) is 4.79 Å². The topological polar surface area (TPSA) is 49.8 Å². The van der Waals surface area contributed by atoms with E-state index in [9.17, 15) is 4.79 Å². The van der Waals surface area contributed by atoms with Gasteiger partial charge < -0.3 is 14.7 Å². The average molecular weight is 215 g/mol. The van der Waals surface area contributed by atoms with Gasteiger partial charge in [-0.15, -0.1) is 0 Å². The number of amides is 1. The summed E-state index contributed by atoms with van der Waals surface area (Å²) in [6.45, 7) is 0.443. The molecule has 1 rings (SSSR count). The Bertz CT molecular complexity index is 274. The van der Waals surface area contributed by atoms with Gasteiger partial charge in [-0.2, -0.15) is 11.3 Å². The second-order valence-corrected chi connectivity index (χ2v) is 3.61. The van der Waals surface area contributed by atoms with Gasteiger partial charge in [0.05, 0.1) is 6.61 Å². The smallest absolute Gasteiger partial charge is 0.409 e. The summed E-state index contributed by atoms with van der Waals surface area (Å²) in [5.41, 5.74) is 1.08. The fourth-order valence-electron chi connectivity index (χ4n) is 0.964. The van der Waals surface area contributed by atoms with Crippen LogP contribution < -0.4 is 0 Å². The third-order valence-corrected chi connectivity index (χ3v) is 2.36. The van der Waals surface area contributed by atoms with Gasteiger partial charge in [-0.1, -0.05) is 0 Å². The molecule has 1 heterocycles. The van der Waals surface area contributed by atoms with Crippen molar-refractivity contribution in [2.24, 2.45) is 0 Å². The number of hydrogen-bond donors (Lipinski definition) is 1. The molecule has 0 fully saturated rings. The van der Waals surface area contributed by atoms with Gasteiger partial charge in [0.2, 0.25) is 0 Å². The van der Waals surface area contributed by atoms with E-state index in [1.807, 2.05) is 16.8 Å². The molecule has 0 aliphatic carbocycles. The molecule has 0 bridgehead atoms. The van der Waals surface area contributed by atoms with Crippen LogP contribution in [0.5, 0.6) is 0 Å². The van der Waals surface area contributed by atoms with Crippen LogP contribution in [0.1, 0.15) is 5.56 Å². The minimum atomic E-state index is -0.412. The number of thiophene rings is 1. The second-order valence-electron chi connectivity index (χ2n) is 2.83. The van der Waals surface area contributed by atoms with E-state index in [0.29, 0.717) is 6.54 Å². The van der Waals surface area contributed by atoms with Gasteiger partial charge >= 0.3 is 6.09 Å². The molecule has 1 amide bonds. The van der Waals surface area contributed by atoms with Crippen molar-refractivity contribution in [3.05, 3.63) is 22.4 Å². The summed E-state index contributed by atoms with van der Waals surface area (Å²) < 4.78 is 4.74. The van der Waals surface area contributed by atoms with Crippen LogP contribution in [0.25, 0.3) is 0 Å². The first-order valence-electron chi connectivity index (χ1n) is 4.24. The van der Waals surface area contributed by atoms with Crippen molar-refractivity contribution in [2.45, 2.75) is 6.54 Å². The van der Waals surface area contributed by atoms with Crippen LogP contribution in [0, 0.1) is 0 Å². The summed E-state index contributed by atoms with van der Waals surface area (Å²) >= 11 is 1.59. The zero-order chi connectivity index (χ0) is 10.4. The summed E-state index contributed by atoms with van der Waals surface area (Å²) in [6, 6.07) is 1.96. The first-order chi connectivity index (χ1) is 6.74. The molecule has 4 nitrogen and oxygen atoms in total. The van der Waals surface area contributed by atoms with Crippen LogP contribution in [0.3, 0.4) is 0 Å².